The number of nitrogens with zero attached hydrogens (tertiary/aromatic N) is 3. The van der Waals surface area contributed by atoms with Crippen molar-refractivity contribution in [2.45, 2.75) is 59.0 Å². The number of carbonyl (C=O) groups excluding carboxylic acids is 2. The normalized spacial score (nSPS) is 25.8. The lowest BCUT2D eigenvalue weighted by atomic mass is 9.89. The summed E-state index contributed by atoms with van der Waals surface area (Å²) in [7, 11) is 1.90. The number of amides is 2. The molecule has 1 aliphatic heterocycles. The molecule has 0 aromatic carbocycles. The van der Waals surface area contributed by atoms with Crippen molar-refractivity contribution in [3.05, 3.63) is 17.5 Å². The van der Waals surface area contributed by atoms with Gasteiger partial charge in [0.05, 0.1) is 5.69 Å². The first-order valence-corrected chi connectivity index (χ1v) is 9.49. The molecule has 1 aliphatic carbocycles. The van der Waals surface area contributed by atoms with Gasteiger partial charge in [-0.05, 0) is 50.0 Å². The van der Waals surface area contributed by atoms with Gasteiger partial charge in [0.25, 0.3) is 5.91 Å². The molecule has 1 aromatic heterocycles. The highest BCUT2D eigenvalue weighted by Crippen LogP contribution is 2.38. The molecule has 6 heteroatoms. The van der Waals surface area contributed by atoms with Crippen LogP contribution in [-0.4, -0.2) is 46.1 Å². The van der Waals surface area contributed by atoms with Gasteiger partial charge in [-0.3, -0.25) is 14.3 Å². The molecule has 138 valence electrons. The second kappa shape index (κ2) is 7.18. The van der Waals surface area contributed by atoms with E-state index in [0.29, 0.717) is 36.4 Å². The number of aromatic nitrogens is 2. The van der Waals surface area contributed by atoms with E-state index in [1.807, 2.05) is 29.6 Å². The van der Waals surface area contributed by atoms with Crippen molar-refractivity contribution in [1.82, 2.24) is 20.0 Å². The monoisotopic (exact) mass is 346 g/mol. The Bertz CT molecular complexity index is 652. The van der Waals surface area contributed by atoms with Crippen LogP contribution in [0.5, 0.6) is 0 Å². The van der Waals surface area contributed by atoms with E-state index in [-0.39, 0.29) is 17.9 Å². The molecule has 0 unspecified atom stereocenters. The number of rotatable bonds is 5. The first-order valence-electron chi connectivity index (χ1n) is 9.49. The van der Waals surface area contributed by atoms with E-state index in [1.54, 1.807) is 0 Å². The van der Waals surface area contributed by atoms with Crippen LogP contribution in [0, 0.1) is 17.8 Å². The molecule has 2 fully saturated rings. The Hall–Kier alpha value is -1.85. The second-order valence-corrected chi connectivity index (χ2v) is 8.00. The summed E-state index contributed by atoms with van der Waals surface area (Å²) in [4.78, 5) is 26.6. The highest BCUT2D eigenvalue weighted by atomic mass is 16.2. The van der Waals surface area contributed by atoms with Crippen LogP contribution in [0.1, 0.15) is 56.2 Å². The molecule has 1 aromatic rings. The maximum atomic E-state index is 13.1. The van der Waals surface area contributed by atoms with Gasteiger partial charge in [-0.15, -0.1) is 0 Å². The lowest BCUT2D eigenvalue weighted by Crippen LogP contribution is -2.38. The quantitative estimate of drug-likeness (QED) is 0.888. The van der Waals surface area contributed by atoms with Gasteiger partial charge in [0.1, 0.15) is 5.69 Å². The third-order valence-electron chi connectivity index (χ3n) is 5.66. The molecular formula is C19H30N4O2. The van der Waals surface area contributed by atoms with Crippen molar-refractivity contribution in [1.29, 1.82) is 0 Å². The molecule has 2 heterocycles. The molecule has 3 rings (SSSR count). The van der Waals surface area contributed by atoms with Gasteiger partial charge >= 0.3 is 0 Å². The van der Waals surface area contributed by atoms with E-state index in [0.717, 1.165) is 31.5 Å². The molecule has 0 radical (unpaired) electrons. The Kier molecular flexibility index (Phi) is 5.16. The van der Waals surface area contributed by atoms with Crippen LogP contribution in [0.3, 0.4) is 0 Å². The summed E-state index contributed by atoms with van der Waals surface area (Å²) in [6.07, 6.45) is 3.40. The van der Waals surface area contributed by atoms with Crippen LogP contribution in [-0.2, 0) is 17.8 Å². The van der Waals surface area contributed by atoms with Crippen LogP contribution >= 0.6 is 0 Å². The maximum absolute atomic E-state index is 13.1. The Morgan fingerprint density at radius 2 is 2.12 bits per heavy atom. The fourth-order valence-corrected chi connectivity index (χ4v) is 4.30. The van der Waals surface area contributed by atoms with Gasteiger partial charge in [0, 0.05) is 32.6 Å². The van der Waals surface area contributed by atoms with Crippen LogP contribution < -0.4 is 5.32 Å². The Morgan fingerprint density at radius 3 is 2.80 bits per heavy atom. The third kappa shape index (κ3) is 3.72. The second-order valence-electron chi connectivity index (χ2n) is 8.00. The minimum absolute atomic E-state index is 0.0484. The van der Waals surface area contributed by atoms with Gasteiger partial charge in [-0.25, -0.2) is 0 Å². The SMILES string of the molecule is CCn1nc(CC(C)C)cc1C(=O)N(C)[C@H]1C[C@H]2CNC(=O)C[C@H]2C1. The van der Waals surface area contributed by atoms with E-state index in [1.165, 1.54) is 0 Å². The van der Waals surface area contributed by atoms with Gasteiger partial charge in [0.15, 0.2) is 0 Å². The zero-order valence-corrected chi connectivity index (χ0v) is 15.8. The van der Waals surface area contributed by atoms with Gasteiger partial charge < -0.3 is 10.2 Å². The molecular weight excluding hydrogens is 316 g/mol. The van der Waals surface area contributed by atoms with Crippen LogP contribution in [0.4, 0.5) is 0 Å². The highest BCUT2D eigenvalue weighted by Gasteiger charge is 2.41. The standard InChI is InChI=1S/C19H30N4O2/c1-5-23-17(10-15(21-23)6-12(2)3)19(25)22(4)16-7-13-9-18(24)20-11-14(13)8-16/h10,12-14,16H,5-9,11H2,1-4H3,(H,20,24)/t13-,14+,16-/m1/s1. The summed E-state index contributed by atoms with van der Waals surface area (Å²) in [6.45, 7) is 7.79. The summed E-state index contributed by atoms with van der Waals surface area (Å²) < 4.78 is 1.82. The smallest absolute Gasteiger partial charge is 0.272 e. The zero-order chi connectivity index (χ0) is 18.1. The number of carbonyl (C=O) groups is 2. The van der Waals surface area contributed by atoms with E-state index >= 15 is 0 Å². The number of piperidine rings is 1. The summed E-state index contributed by atoms with van der Waals surface area (Å²) in [5.74, 6) is 1.64. The number of hydrogen-bond donors (Lipinski definition) is 1. The number of hydrogen-bond acceptors (Lipinski definition) is 3. The number of fused-ring (bicyclic) bond motifs is 1. The van der Waals surface area contributed by atoms with Crippen molar-refractivity contribution in [3.8, 4) is 0 Å². The predicted octanol–water partition coefficient (Wildman–Crippen LogP) is 2.09. The molecule has 1 N–H and O–H groups in total. The minimum Gasteiger partial charge on any atom is -0.356 e. The van der Waals surface area contributed by atoms with Crippen molar-refractivity contribution in [2.75, 3.05) is 13.6 Å². The molecule has 3 atom stereocenters. The summed E-state index contributed by atoms with van der Waals surface area (Å²) in [6, 6.07) is 2.17. The minimum atomic E-state index is 0.0484. The van der Waals surface area contributed by atoms with Crippen LogP contribution in [0.25, 0.3) is 0 Å². The first-order chi connectivity index (χ1) is 11.9. The van der Waals surface area contributed by atoms with Crippen molar-refractivity contribution >= 4 is 11.8 Å². The van der Waals surface area contributed by atoms with Gasteiger partial charge in [-0.2, -0.15) is 5.10 Å². The number of nitrogens with one attached hydrogen (secondary N) is 1. The average molecular weight is 346 g/mol. The third-order valence-corrected chi connectivity index (χ3v) is 5.66. The predicted molar refractivity (Wildman–Crippen MR) is 96.2 cm³/mol. The molecule has 1 saturated heterocycles. The van der Waals surface area contributed by atoms with Crippen molar-refractivity contribution in [3.63, 3.8) is 0 Å². The average Bonchev–Trinajstić information content (AvgIpc) is 3.16. The summed E-state index contributed by atoms with van der Waals surface area (Å²) in [5, 5.41) is 7.55. The zero-order valence-electron chi connectivity index (χ0n) is 15.8. The van der Waals surface area contributed by atoms with Gasteiger partial charge in [-0.1, -0.05) is 13.8 Å². The molecule has 6 nitrogen and oxygen atoms in total. The Labute approximate surface area is 149 Å². The number of aryl methyl sites for hydroxylation is 1. The Balaban J connectivity index is 1.72. The van der Waals surface area contributed by atoms with Crippen LogP contribution in [0.2, 0.25) is 0 Å². The lowest BCUT2D eigenvalue weighted by molar-refractivity contribution is -0.124. The van der Waals surface area contributed by atoms with Crippen molar-refractivity contribution < 1.29 is 9.59 Å². The van der Waals surface area contributed by atoms with E-state index in [4.69, 9.17) is 0 Å². The van der Waals surface area contributed by atoms with Crippen LogP contribution in [0.15, 0.2) is 6.07 Å². The van der Waals surface area contributed by atoms with E-state index < -0.39 is 0 Å². The largest absolute Gasteiger partial charge is 0.356 e. The first kappa shape index (κ1) is 18.0. The van der Waals surface area contributed by atoms with E-state index in [2.05, 4.69) is 24.3 Å². The fourth-order valence-electron chi connectivity index (χ4n) is 4.30. The van der Waals surface area contributed by atoms with Gasteiger partial charge in [0.2, 0.25) is 5.91 Å². The molecule has 2 aliphatic rings. The fraction of sp³-hybridized carbons (Fsp3) is 0.737. The summed E-state index contributed by atoms with van der Waals surface area (Å²) in [5.41, 5.74) is 1.67. The van der Waals surface area contributed by atoms with E-state index in [9.17, 15) is 9.59 Å². The molecule has 0 spiro atoms. The highest BCUT2D eigenvalue weighted by molar-refractivity contribution is 5.92. The molecule has 25 heavy (non-hydrogen) atoms. The summed E-state index contributed by atoms with van der Waals surface area (Å²) >= 11 is 0. The molecule has 0 bridgehead atoms. The Morgan fingerprint density at radius 1 is 1.40 bits per heavy atom. The maximum Gasteiger partial charge on any atom is 0.272 e. The topological polar surface area (TPSA) is 67.2 Å². The molecule has 1 saturated carbocycles. The van der Waals surface area contributed by atoms with Crippen molar-refractivity contribution in [2.24, 2.45) is 17.8 Å². The molecule has 2 amide bonds. The lowest BCUT2D eigenvalue weighted by Gasteiger charge is -2.25.